The molecule has 0 aliphatic carbocycles. The van der Waals surface area contributed by atoms with Crippen molar-refractivity contribution in [3.8, 4) is 0 Å². The summed E-state index contributed by atoms with van der Waals surface area (Å²) >= 11 is 0. The van der Waals surface area contributed by atoms with E-state index >= 15 is 0 Å². The molecule has 1 atom stereocenters. The van der Waals surface area contributed by atoms with Crippen molar-refractivity contribution in [2.45, 2.75) is 26.2 Å². The van der Waals surface area contributed by atoms with Gasteiger partial charge in [0.05, 0.1) is 12.2 Å². The van der Waals surface area contributed by atoms with Gasteiger partial charge in [-0.25, -0.2) is 12.7 Å². The molecule has 0 unspecified atom stereocenters. The molecule has 1 aromatic carbocycles. The summed E-state index contributed by atoms with van der Waals surface area (Å²) < 4.78 is 24.5. The Morgan fingerprint density at radius 1 is 1.33 bits per heavy atom. The van der Waals surface area contributed by atoms with Crippen LogP contribution in [0.25, 0.3) is 0 Å². The largest absolute Gasteiger partial charge is 0.326 e. The maximum Gasteiger partial charge on any atom is 0.228 e. The summed E-state index contributed by atoms with van der Waals surface area (Å²) in [7, 11) is -3.22. The van der Waals surface area contributed by atoms with Crippen molar-refractivity contribution >= 4 is 21.6 Å². The number of carbonyl (C=O) groups excluding carboxylic acids is 1. The molecule has 0 spiro atoms. The van der Waals surface area contributed by atoms with Crippen LogP contribution in [0, 0.1) is 5.92 Å². The van der Waals surface area contributed by atoms with Gasteiger partial charge in [0.15, 0.2) is 0 Å². The minimum Gasteiger partial charge on any atom is -0.326 e. The minimum atomic E-state index is -3.22. The van der Waals surface area contributed by atoms with E-state index in [4.69, 9.17) is 0 Å². The van der Waals surface area contributed by atoms with Gasteiger partial charge in [-0.1, -0.05) is 19.1 Å². The van der Waals surface area contributed by atoms with E-state index in [-0.39, 0.29) is 18.4 Å². The second-order valence-corrected chi connectivity index (χ2v) is 7.48. The number of rotatable bonds is 4. The molecule has 0 radical (unpaired) electrons. The lowest BCUT2D eigenvalue weighted by molar-refractivity contribution is -0.120. The predicted molar refractivity (Wildman–Crippen MR) is 83.6 cm³/mol. The Kier molecular flexibility index (Phi) is 5.00. The molecule has 1 aliphatic rings. The highest BCUT2D eigenvalue weighted by atomic mass is 32.2. The lowest BCUT2D eigenvalue weighted by Crippen LogP contribution is -2.43. The van der Waals surface area contributed by atoms with Crippen LogP contribution < -0.4 is 5.32 Å². The van der Waals surface area contributed by atoms with E-state index in [1.165, 1.54) is 16.1 Å². The fourth-order valence-corrected chi connectivity index (χ4v) is 3.44. The molecule has 5 nitrogen and oxygen atoms in total. The third kappa shape index (κ3) is 4.28. The number of hydrogen-bond acceptors (Lipinski definition) is 3. The van der Waals surface area contributed by atoms with E-state index in [1.807, 2.05) is 24.3 Å². The van der Waals surface area contributed by atoms with Gasteiger partial charge < -0.3 is 5.32 Å². The highest BCUT2D eigenvalue weighted by Gasteiger charge is 2.30. The fourth-order valence-electron chi connectivity index (χ4n) is 2.53. The van der Waals surface area contributed by atoms with E-state index in [0.717, 1.165) is 24.9 Å². The lowest BCUT2D eigenvalue weighted by Gasteiger charge is -2.30. The van der Waals surface area contributed by atoms with Gasteiger partial charge in [-0.2, -0.15) is 0 Å². The molecular weight excluding hydrogens is 288 g/mol. The molecule has 1 aliphatic heterocycles. The predicted octanol–water partition coefficient (Wildman–Crippen LogP) is 1.86. The average molecular weight is 310 g/mol. The number of hydrogen-bond donors (Lipinski definition) is 1. The highest BCUT2D eigenvalue weighted by Crippen LogP contribution is 2.20. The fraction of sp³-hybridized carbons (Fsp3) is 0.533. The standard InChI is InChI=1S/C15H22N2O3S/c1-3-12-6-8-14(9-7-12)16-15(18)13-5-4-10-17(11-13)21(2,19)20/h6-9,13H,3-5,10-11H2,1-2H3,(H,16,18)/t13-/m0/s1. The zero-order valence-corrected chi connectivity index (χ0v) is 13.3. The molecule has 21 heavy (non-hydrogen) atoms. The van der Waals surface area contributed by atoms with Crippen LogP contribution in [0.2, 0.25) is 0 Å². The van der Waals surface area contributed by atoms with E-state index < -0.39 is 10.0 Å². The molecule has 116 valence electrons. The molecule has 1 saturated heterocycles. The normalized spacial score (nSPS) is 20.2. The SMILES string of the molecule is CCc1ccc(NC(=O)[C@H]2CCCN(S(C)(=O)=O)C2)cc1. The maximum atomic E-state index is 12.3. The number of nitrogens with zero attached hydrogens (tertiary/aromatic N) is 1. The smallest absolute Gasteiger partial charge is 0.228 e. The Balaban J connectivity index is 1.99. The molecule has 0 aromatic heterocycles. The first kappa shape index (κ1) is 16.0. The van der Waals surface area contributed by atoms with Crippen LogP contribution in [0.3, 0.4) is 0 Å². The van der Waals surface area contributed by atoms with Gasteiger partial charge in [0.2, 0.25) is 15.9 Å². The van der Waals surface area contributed by atoms with Crippen LogP contribution in [0.1, 0.15) is 25.3 Å². The first-order chi connectivity index (χ1) is 9.90. The zero-order valence-electron chi connectivity index (χ0n) is 12.5. The average Bonchev–Trinajstić information content (AvgIpc) is 2.47. The number of sulfonamides is 1. The Hall–Kier alpha value is -1.40. The van der Waals surface area contributed by atoms with Crippen molar-refractivity contribution in [3.63, 3.8) is 0 Å². The Morgan fingerprint density at radius 2 is 2.00 bits per heavy atom. The third-order valence-corrected chi connectivity index (χ3v) is 5.12. The number of carbonyl (C=O) groups is 1. The molecule has 1 N–H and O–H groups in total. The van der Waals surface area contributed by atoms with E-state index in [1.54, 1.807) is 0 Å². The van der Waals surface area contributed by atoms with Crippen molar-refractivity contribution in [3.05, 3.63) is 29.8 Å². The highest BCUT2D eigenvalue weighted by molar-refractivity contribution is 7.88. The summed E-state index contributed by atoms with van der Waals surface area (Å²) in [6.07, 6.45) is 3.60. The molecule has 6 heteroatoms. The van der Waals surface area contributed by atoms with Gasteiger partial charge in [0, 0.05) is 18.8 Å². The van der Waals surface area contributed by atoms with Gasteiger partial charge >= 0.3 is 0 Å². The summed E-state index contributed by atoms with van der Waals surface area (Å²) in [5.74, 6) is -0.382. The van der Waals surface area contributed by atoms with Gasteiger partial charge in [-0.15, -0.1) is 0 Å². The van der Waals surface area contributed by atoms with Gasteiger partial charge in [-0.3, -0.25) is 4.79 Å². The second kappa shape index (κ2) is 6.58. The van der Waals surface area contributed by atoms with Crippen LogP contribution in [0.15, 0.2) is 24.3 Å². The molecule has 1 amide bonds. The Morgan fingerprint density at radius 3 is 2.57 bits per heavy atom. The molecule has 1 aromatic rings. The third-order valence-electron chi connectivity index (χ3n) is 3.85. The molecule has 1 fully saturated rings. The summed E-state index contributed by atoms with van der Waals surface area (Å²) in [4.78, 5) is 12.3. The molecule has 0 bridgehead atoms. The van der Waals surface area contributed by atoms with Gasteiger partial charge in [0.25, 0.3) is 0 Å². The van der Waals surface area contributed by atoms with E-state index in [2.05, 4.69) is 12.2 Å². The summed E-state index contributed by atoms with van der Waals surface area (Å²) in [6.45, 7) is 2.86. The van der Waals surface area contributed by atoms with Crippen LogP contribution in [-0.2, 0) is 21.2 Å². The quantitative estimate of drug-likeness (QED) is 0.923. The first-order valence-electron chi connectivity index (χ1n) is 7.25. The van der Waals surface area contributed by atoms with Crippen LogP contribution in [-0.4, -0.2) is 38.0 Å². The molecule has 1 heterocycles. The number of nitrogens with one attached hydrogen (secondary N) is 1. The van der Waals surface area contributed by atoms with Crippen LogP contribution >= 0.6 is 0 Å². The summed E-state index contributed by atoms with van der Waals surface area (Å²) in [5, 5.41) is 2.87. The van der Waals surface area contributed by atoms with Crippen LogP contribution in [0.5, 0.6) is 0 Å². The number of aryl methyl sites for hydroxylation is 1. The summed E-state index contributed by atoms with van der Waals surface area (Å²) in [5.41, 5.74) is 1.97. The van der Waals surface area contributed by atoms with E-state index in [0.29, 0.717) is 6.54 Å². The van der Waals surface area contributed by atoms with Crippen molar-refractivity contribution in [2.75, 3.05) is 24.7 Å². The van der Waals surface area contributed by atoms with Gasteiger partial charge in [-0.05, 0) is 37.0 Å². The summed E-state index contributed by atoms with van der Waals surface area (Å²) in [6, 6.07) is 7.74. The second-order valence-electron chi connectivity index (χ2n) is 5.50. The maximum absolute atomic E-state index is 12.3. The number of anilines is 1. The van der Waals surface area contributed by atoms with Crippen molar-refractivity contribution in [1.82, 2.24) is 4.31 Å². The Bertz CT molecular complexity index is 596. The molecule has 2 rings (SSSR count). The van der Waals surface area contributed by atoms with Gasteiger partial charge in [0.1, 0.15) is 0 Å². The zero-order chi connectivity index (χ0) is 15.5. The number of amides is 1. The number of piperidine rings is 1. The minimum absolute atomic E-state index is 0.104. The first-order valence-corrected chi connectivity index (χ1v) is 9.10. The van der Waals surface area contributed by atoms with Crippen LogP contribution in [0.4, 0.5) is 5.69 Å². The van der Waals surface area contributed by atoms with Crippen molar-refractivity contribution in [1.29, 1.82) is 0 Å². The lowest BCUT2D eigenvalue weighted by atomic mass is 9.98. The monoisotopic (exact) mass is 310 g/mol. The Labute approximate surface area is 126 Å². The number of benzene rings is 1. The molecule has 0 saturated carbocycles. The van der Waals surface area contributed by atoms with Crippen molar-refractivity contribution < 1.29 is 13.2 Å². The van der Waals surface area contributed by atoms with E-state index in [9.17, 15) is 13.2 Å². The molecular formula is C15H22N2O3S. The van der Waals surface area contributed by atoms with Crippen molar-refractivity contribution in [2.24, 2.45) is 5.92 Å². The topological polar surface area (TPSA) is 66.5 Å².